The first kappa shape index (κ1) is 20.9. The van der Waals surface area contributed by atoms with Crippen LogP contribution in [-0.4, -0.2) is 63.9 Å². The van der Waals surface area contributed by atoms with E-state index in [1.807, 2.05) is 0 Å². The van der Waals surface area contributed by atoms with Crippen molar-refractivity contribution in [3.63, 3.8) is 0 Å². The van der Waals surface area contributed by atoms with Crippen LogP contribution in [0.25, 0.3) is 12.2 Å². The smallest absolute Gasteiger partial charge is 0.202 e. The monoisotopic (exact) mass is 404 g/mol. The third-order valence-corrected chi connectivity index (χ3v) is 4.57. The van der Waals surface area contributed by atoms with Crippen molar-refractivity contribution in [2.45, 2.75) is 31.0 Å². The fourth-order valence-electron chi connectivity index (χ4n) is 3.07. The average molecular weight is 404 g/mol. The van der Waals surface area contributed by atoms with Gasteiger partial charge in [0.15, 0.2) is 11.5 Å². The second kappa shape index (κ2) is 9.15. The highest BCUT2D eigenvalue weighted by molar-refractivity contribution is 5.72. The minimum Gasteiger partial charge on any atom is -0.508 e. The lowest BCUT2D eigenvalue weighted by Gasteiger charge is -2.36. The molecule has 2 aromatic carbocycles. The van der Waals surface area contributed by atoms with Crippen LogP contribution in [0.2, 0.25) is 0 Å². The number of rotatable bonds is 6. The summed E-state index contributed by atoms with van der Waals surface area (Å²) < 4.78 is 16.1. The molecule has 1 fully saturated rings. The van der Waals surface area contributed by atoms with Crippen LogP contribution in [0.1, 0.15) is 17.5 Å². The van der Waals surface area contributed by atoms with Crippen molar-refractivity contribution in [2.75, 3.05) is 13.7 Å². The largest absolute Gasteiger partial charge is 0.508 e. The van der Waals surface area contributed by atoms with Crippen LogP contribution >= 0.6 is 0 Å². The van der Waals surface area contributed by atoms with Crippen molar-refractivity contribution in [3.8, 4) is 23.0 Å². The molecular weight excluding hydrogens is 380 g/mol. The van der Waals surface area contributed by atoms with E-state index in [-0.39, 0.29) is 17.9 Å². The molecule has 2 aromatic rings. The van der Waals surface area contributed by atoms with Crippen molar-refractivity contribution < 1.29 is 39.7 Å². The highest BCUT2D eigenvalue weighted by Crippen LogP contribution is 2.29. The number of hydrogen-bond acceptors (Lipinski definition) is 8. The molecule has 1 heterocycles. The number of phenols is 2. The van der Waals surface area contributed by atoms with Crippen molar-refractivity contribution >= 4 is 12.2 Å². The summed E-state index contributed by atoms with van der Waals surface area (Å²) in [4.78, 5) is 0. The zero-order valence-corrected chi connectivity index (χ0v) is 15.8. The van der Waals surface area contributed by atoms with Gasteiger partial charge < -0.3 is 39.7 Å². The molecule has 0 spiro atoms. The molecule has 0 aromatic heterocycles. The molecule has 5 N–H and O–H groups in total. The van der Waals surface area contributed by atoms with Crippen LogP contribution in [0.5, 0.6) is 23.0 Å². The summed E-state index contributed by atoms with van der Waals surface area (Å²) in [5.74, 6) is 0.654. The SMILES string of the molecule is COc1ccc(/C=C/c2cc(O)cc(OC3CC(O)[C@H](O)C(CO)O3)c2)cc1O. The Morgan fingerprint density at radius 3 is 2.52 bits per heavy atom. The number of aliphatic hydroxyl groups is 3. The zero-order valence-electron chi connectivity index (χ0n) is 15.8. The highest BCUT2D eigenvalue weighted by atomic mass is 16.7. The van der Waals surface area contributed by atoms with Crippen LogP contribution in [-0.2, 0) is 4.74 Å². The fourth-order valence-corrected chi connectivity index (χ4v) is 3.07. The normalized spacial score (nSPS) is 24.6. The minimum absolute atomic E-state index is 0.0169. The molecule has 8 nitrogen and oxygen atoms in total. The summed E-state index contributed by atoms with van der Waals surface area (Å²) in [7, 11) is 1.47. The first-order chi connectivity index (χ1) is 13.9. The molecular formula is C21H24O8. The second-order valence-electron chi connectivity index (χ2n) is 6.72. The third-order valence-electron chi connectivity index (χ3n) is 4.57. The molecule has 3 unspecified atom stereocenters. The van der Waals surface area contributed by atoms with Crippen LogP contribution < -0.4 is 9.47 Å². The first-order valence-corrected chi connectivity index (χ1v) is 9.08. The lowest BCUT2D eigenvalue weighted by atomic mass is 10.0. The van der Waals surface area contributed by atoms with E-state index in [9.17, 15) is 25.5 Å². The average Bonchev–Trinajstić information content (AvgIpc) is 2.68. The van der Waals surface area contributed by atoms with Crippen molar-refractivity contribution in [1.29, 1.82) is 0 Å². The molecule has 4 atom stereocenters. The van der Waals surface area contributed by atoms with E-state index in [2.05, 4.69) is 0 Å². The van der Waals surface area contributed by atoms with Crippen LogP contribution in [0.15, 0.2) is 36.4 Å². The van der Waals surface area contributed by atoms with Gasteiger partial charge in [0.05, 0.1) is 19.8 Å². The maximum atomic E-state index is 9.98. The minimum atomic E-state index is -1.19. The fraction of sp³-hybridized carbons (Fsp3) is 0.333. The lowest BCUT2D eigenvalue weighted by molar-refractivity contribution is -0.229. The van der Waals surface area contributed by atoms with Crippen molar-refractivity contribution in [1.82, 2.24) is 0 Å². The quantitative estimate of drug-likeness (QED) is 0.458. The summed E-state index contributed by atoms with van der Waals surface area (Å²) in [5.41, 5.74) is 1.36. The Morgan fingerprint density at radius 2 is 1.83 bits per heavy atom. The molecule has 1 aliphatic rings. The molecule has 8 heteroatoms. The van der Waals surface area contributed by atoms with Gasteiger partial charge >= 0.3 is 0 Å². The van der Waals surface area contributed by atoms with E-state index < -0.39 is 31.2 Å². The van der Waals surface area contributed by atoms with Gasteiger partial charge in [0.25, 0.3) is 0 Å². The van der Waals surface area contributed by atoms with E-state index in [1.165, 1.54) is 19.2 Å². The number of benzene rings is 2. The van der Waals surface area contributed by atoms with Crippen LogP contribution in [0, 0.1) is 0 Å². The summed E-state index contributed by atoms with van der Waals surface area (Å²) >= 11 is 0. The lowest BCUT2D eigenvalue weighted by Crippen LogP contribution is -2.51. The van der Waals surface area contributed by atoms with Gasteiger partial charge in [0.2, 0.25) is 6.29 Å². The Labute approximate surface area is 167 Å². The third kappa shape index (κ3) is 5.18. The van der Waals surface area contributed by atoms with Gasteiger partial charge in [-0.25, -0.2) is 0 Å². The topological polar surface area (TPSA) is 129 Å². The number of ether oxygens (including phenoxy) is 3. The van der Waals surface area contributed by atoms with Gasteiger partial charge in [-0.15, -0.1) is 0 Å². The van der Waals surface area contributed by atoms with Gasteiger partial charge in [-0.2, -0.15) is 0 Å². The maximum Gasteiger partial charge on any atom is 0.202 e. The number of aliphatic hydroxyl groups excluding tert-OH is 3. The van der Waals surface area contributed by atoms with E-state index in [1.54, 1.807) is 36.4 Å². The zero-order chi connectivity index (χ0) is 21.0. The van der Waals surface area contributed by atoms with Gasteiger partial charge in [0.1, 0.15) is 23.7 Å². The van der Waals surface area contributed by atoms with Gasteiger partial charge in [-0.3, -0.25) is 0 Å². The predicted octanol–water partition coefficient (Wildman–Crippen LogP) is 1.48. The van der Waals surface area contributed by atoms with E-state index in [0.29, 0.717) is 17.1 Å². The van der Waals surface area contributed by atoms with Crippen LogP contribution in [0.3, 0.4) is 0 Å². The number of hydrogen-bond donors (Lipinski definition) is 5. The molecule has 0 bridgehead atoms. The molecule has 156 valence electrons. The Hall–Kier alpha value is -2.78. The van der Waals surface area contributed by atoms with E-state index >= 15 is 0 Å². The molecule has 0 aliphatic carbocycles. The predicted molar refractivity (Wildman–Crippen MR) is 105 cm³/mol. The first-order valence-electron chi connectivity index (χ1n) is 9.08. The van der Waals surface area contributed by atoms with Gasteiger partial charge in [-0.05, 0) is 35.4 Å². The van der Waals surface area contributed by atoms with E-state index in [4.69, 9.17) is 14.2 Å². The Kier molecular flexibility index (Phi) is 6.60. The summed E-state index contributed by atoms with van der Waals surface area (Å²) in [6.07, 6.45) is -0.634. The summed E-state index contributed by atoms with van der Waals surface area (Å²) in [6, 6.07) is 9.55. The summed E-state index contributed by atoms with van der Waals surface area (Å²) in [6.45, 7) is -0.458. The number of aromatic hydroxyl groups is 2. The number of phenolic OH excluding ortho intramolecular Hbond substituents is 2. The summed E-state index contributed by atoms with van der Waals surface area (Å²) in [5, 5.41) is 48.8. The van der Waals surface area contributed by atoms with Crippen molar-refractivity contribution in [2.24, 2.45) is 0 Å². The Balaban J connectivity index is 1.73. The standard InChI is InChI=1S/C21H24O8/c1-27-18-5-4-12(8-16(18)24)2-3-13-6-14(23)9-15(7-13)28-20-10-17(25)21(26)19(11-22)29-20/h2-9,17,19-26H,10-11H2,1H3/b3-2+/t17?,19?,20?,21-/m0/s1. The molecule has 1 saturated heterocycles. The van der Waals surface area contributed by atoms with Gasteiger partial charge in [-0.1, -0.05) is 18.2 Å². The Bertz CT molecular complexity index is 866. The molecule has 0 saturated carbocycles. The number of methoxy groups -OCH3 is 1. The molecule has 1 aliphatic heterocycles. The maximum absolute atomic E-state index is 9.98. The molecule has 0 radical (unpaired) electrons. The second-order valence-corrected chi connectivity index (χ2v) is 6.72. The van der Waals surface area contributed by atoms with E-state index in [0.717, 1.165) is 5.56 Å². The molecule has 29 heavy (non-hydrogen) atoms. The van der Waals surface area contributed by atoms with Gasteiger partial charge in [0, 0.05) is 12.5 Å². The van der Waals surface area contributed by atoms with Crippen molar-refractivity contribution in [3.05, 3.63) is 47.5 Å². The van der Waals surface area contributed by atoms with Crippen LogP contribution in [0.4, 0.5) is 0 Å². The highest BCUT2D eigenvalue weighted by Gasteiger charge is 2.37. The molecule has 0 amide bonds. The molecule has 3 rings (SSSR count). The Morgan fingerprint density at radius 1 is 1.07 bits per heavy atom.